The van der Waals surface area contributed by atoms with Gasteiger partial charge in [0.1, 0.15) is 0 Å². The molecule has 0 fully saturated rings. The molecule has 1 aromatic carbocycles. The zero-order chi connectivity index (χ0) is 12.4. The van der Waals surface area contributed by atoms with Crippen LogP contribution in [0.3, 0.4) is 0 Å². The first-order valence-corrected chi connectivity index (χ1v) is 5.03. The van der Waals surface area contributed by atoms with E-state index in [1.54, 1.807) is 24.3 Å². The Bertz CT molecular complexity index is 559. The molecule has 17 heavy (non-hydrogen) atoms. The molecule has 4 N–H and O–H groups in total. The summed E-state index contributed by atoms with van der Waals surface area (Å²) in [5.74, 6) is -0.974. The summed E-state index contributed by atoms with van der Waals surface area (Å²) < 4.78 is 0. The topological polar surface area (TPSA) is 98.5 Å². The highest BCUT2D eigenvalue weighted by Crippen LogP contribution is 2.25. The molecule has 0 unspecified atom stereocenters. The summed E-state index contributed by atoms with van der Waals surface area (Å²) >= 11 is 0. The van der Waals surface area contributed by atoms with Crippen LogP contribution in [0.25, 0.3) is 0 Å². The number of carbonyl (C=O) groups excluding carboxylic acids is 2. The number of allylic oxidation sites excluding steroid dienone is 1. The maximum Gasteiger partial charge on any atom is 0.248 e. The van der Waals surface area contributed by atoms with Crippen molar-refractivity contribution < 1.29 is 9.59 Å². The van der Waals surface area contributed by atoms with Crippen molar-refractivity contribution >= 4 is 23.7 Å². The largest absolute Gasteiger partial charge is 0.366 e. The molecule has 86 valence electrons. The normalized spacial score (nSPS) is 13.5. The number of carbonyl (C=O) groups is 2. The van der Waals surface area contributed by atoms with Crippen LogP contribution in [0.5, 0.6) is 0 Å². The van der Waals surface area contributed by atoms with Gasteiger partial charge in [0, 0.05) is 23.8 Å². The van der Waals surface area contributed by atoms with E-state index >= 15 is 0 Å². The minimum absolute atomic E-state index is 0.392. The van der Waals surface area contributed by atoms with Crippen molar-refractivity contribution in [2.75, 3.05) is 0 Å². The molecule has 0 aromatic heterocycles. The van der Waals surface area contributed by atoms with Crippen LogP contribution in [0.15, 0.2) is 34.8 Å². The Morgan fingerprint density at radius 1 is 1.18 bits per heavy atom. The molecule has 1 heterocycles. The number of amides is 2. The summed E-state index contributed by atoms with van der Waals surface area (Å²) in [5.41, 5.74) is 12.8. The van der Waals surface area contributed by atoms with Gasteiger partial charge in [-0.1, -0.05) is 6.07 Å². The lowest BCUT2D eigenvalue weighted by molar-refractivity contribution is -0.114. The van der Waals surface area contributed by atoms with Crippen molar-refractivity contribution in [2.24, 2.45) is 16.5 Å². The van der Waals surface area contributed by atoms with Crippen LogP contribution in [0.4, 0.5) is 5.69 Å². The first-order valence-electron chi connectivity index (χ1n) is 5.03. The maximum absolute atomic E-state index is 11.1. The van der Waals surface area contributed by atoms with Crippen molar-refractivity contribution in [1.29, 1.82) is 0 Å². The maximum atomic E-state index is 11.1. The van der Waals surface area contributed by atoms with Gasteiger partial charge in [0.15, 0.2) is 0 Å². The fraction of sp³-hybridized carbons (Fsp3) is 0.0833. The van der Waals surface area contributed by atoms with Crippen LogP contribution in [0, 0.1) is 0 Å². The summed E-state index contributed by atoms with van der Waals surface area (Å²) in [7, 11) is 0. The van der Waals surface area contributed by atoms with E-state index in [4.69, 9.17) is 11.5 Å². The van der Waals surface area contributed by atoms with E-state index in [1.807, 2.05) is 0 Å². The van der Waals surface area contributed by atoms with Crippen molar-refractivity contribution in [3.8, 4) is 0 Å². The van der Waals surface area contributed by atoms with E-state index in [2.05, 4.69) is 4.99 Å². The lowest BCUT2D eigenvalue weighted by Crippen LogP contribution is -2.15. The lowest BCUT2D eigenvalue weighted by Gasteiger charge is -2.05. The lowest BCUT2D eigenvalue weighted by atomic mass is 10.0. The second kappa shape index (κ2) is 4.21. The standard InChI is InChI=1S/C12H11N3O2/c13-11(16)8-2-1-7-5-9(12(14)17)3-4-15-10(7)6-8/h1-4,6H,5H2,(H2,13,16)(H2,14,17). The molecular weight excluding hydrogens is 218 g/mol. The fourth-order valence-corrected chi connectivity index (χ4v) is 1.63. The number of aliphatic imine (C=N–C) groups is 1. The molecule has 0 aliphatic carbocycles. The molecule has 5 heteroatoms. The first kappa shape index (κ1) is 11.1. The third kappa shape index (κ3) is 2.23. The molecule has 0 bridgehead atoms. The van der Waals surface area contributed by atoms with Gasteiger partial charge in [-0.05, 0) is 23.8 Å². The van der Waals surface area contributed by atoms with E-state index in [1.165, 1.54) is 6.21 Å². The number of primary amides is 2. The fourth-order valence-electron chi connectivity index (χ4n) is 1.63. The van der Waals surface area contributed by atoms with Crippen LogP contribution >= 0.6 is 0 Å². The second-order valence-corrected chi connectivity index (χ2v) is 3.72. The average Bonchev–Trinajstić information content (AvgIpc) is 2.49. The van der Waals surface area contributed by atoms with Crippen molar-refractivity contribution in [3.63, 3.8) is 0 Å². The number of nitrogens with two attached hydrogens (primary N) is 2. The minimum Gasteiger partial charge on any atom is -0.366 e. The third-order valence-electron chi connectivity index (χ3n) is 2.56. The highest BCUT2D eigenvalue weighted by atomic mass is 16.1. The zero-order valence-electron chi connectivity index (χ0n) is 9.01. The summed E-state index contributed by atoms with van der Waals surface area (Å²) in [6, 6.07) is 4.95. The van der Waals surface area contributed by atoms with Crippen LogP contribution in [0.1, 0.15) is 15.9 Å². The highest BCUT2D eigenvalue weighted by Gasteiger charge is 2.13. The summed E-state index contributed by atoms with van der Waals surface area (Å²) in [4.78, 5) is 26.3. The van der Waals surface area contributed by atoms with Gasteiger partial charge in [0.25, 0.3) is 0 Å². The molecule has 0 atom stereocenters. The van der Waals surface area contributed by atoms with Crippen LogP contribution in [0.2, 0.25) is 0 Å². The van der Waals surface area contributed by atoms with Crippen LogP contribution in [-0.4, -0.2) is 18.0 Å². The number of fused-ring (bicyclic) bond motifs is 1. The van der Waals surface area contributed by atoms with Gasteiger partial charge in [0.2, 0.25) is 11.8 Å². The average molecular weight is 229 g/mol. The van der Waals surface area contributed by atoms with Crippen molar-refractivity contribution in [2.45, 2.75) is 6.42 Å². The predicted molar refractivity (Wildman–Crippen MR) is 64.1 cm³/mol. The molecule has 0 radical (unpaired) electrons. The SMILES string of the molecule is NC(=O)C1=CC=Nc2cc(C(N)=O)ccc2C1. The molecule has 1 aliphatic rings. The molecular formula is C12H11N3O2. The molecule has 5 nitrogen and oxygen atoms in total. The van der Waals surface area contributed by atoms with E-state index in [-0.39, 0.29) is 0 Å². The summed E-state index contributed by atoms with van der Waals surface area (Å²) in [6.07, 6.45) is 3.48. The minimum atomic E-state index is -0.504. The Morgan fingerprint density at radius 2 is 1.94 bits per heavy atom. The van der Waals surface area contributed by atoms with Gasteiger partial charge in [-0.3, -0.25) is 14.6 Å². The molecule has 1 aliphatic heterocycles. The van der Waals surface area contributed by atoms with Gasteiger partial charge < -0.3 is 11.5 Å². The van der Waals surface area contributed by atoms with Gasteiger partial charge in [0.05, 0.1) is 5.69 Å². The Labute approximate surface area is 97.8 Å². The molecule has 0 spiro atoms. The van der Waals surface area contributed by atoms with Gasteiger partial charge in [-0.2, -0.15) is 0 Å². The van der Waals surface area contributed by atoms with E-state index in [9.17, 15) is 9.59 Å². The number of hydrogen-bond acceptors (Lipinski definition) is 3. The molecule has 0 saturated carbocycles. The van der Waals surface area contributed by atoms with Crippen LogP contribution < -0.4 is 11.5 Å². The van der Waals surface area contributed by atoms with E-state index in [0.717, 1.165) is 5.56 Å². The van der Waals surface area contributed by atoms with E-state index in [0.29, 0.717) is 23.2 Å². The van der Waals surface area contributed by atoms with Gasteiger partial charge >= 0.3 is 0 Å². The van der Waals surface area contributed by atoms with Crippen molar-refractivity contribution in [3.05, 3.63) is 41.0 Å². The molecule has 2 rings (SSSR count). The molecule has 2 amide bonds. The Kier molecular flexibility index (Phi) is 2.74. The summed E-state index contributed by atoms with van der Waals surface area (Å²) in [6.45, 7) is 0. The third-order valence-corrected chi connectivity index (χ3v) is 2.56. The predicted octanol–water partition coefficient (Wildman–Crippen LogP) is 0.456. The quantitative estimate of drug-likeness (QED) is 0.769. The smallest absolute Gasteiger partial charge is 0.248 e. The monoisotopic (exact) mass is 229 g/mol. The van der Waals surface area contributed by atoms with E-state index < -0.39 is 11.8 Å². The summed E-state index contributed by atoms with van der Waals surface area (Å²) in [5, 5.41) is 0. The first-order chi connectivity index (χ1) is 8.08. The van der Waals surface area contributed by atoms with Gasteiger partial charge in [-0.15, -0.1) is 0 Å². The highest BCUT2D eigenvalue weighted by molar-refractivity contribution is 5.98. The van der Waals surface area contributed by atoms with Crippen LogP contribution in [-0.2, 0) is 11.2 Å². The Hall–Kier alpha value is -2.43. The number of benzene rings is 1. The van der Waals surface area contributed by atoms with Crippen molar-refractivity contribution in [1.82, 2.24) is 0 Å². The Morgan fingerprint density at radius 3 is 2.59 bits per heavy atom. The number of rotatable bonds is 2. The Balaban J connectivity index is 2.43. The zero-order valence-corrected chi connectivity index (χ0v) is 9.01. The van der Waals surface area contributed by atoms with Gasteiger partial charge in [-0.25, -0.2) is 0 Å². The second-order valence-electron chi connectivity index (χ2n) is 3.72. The number of hydrogen-bond donors (Lipinski definition) is 2. The molecule has 0 saturated heterocycles. The number of nitrogens with zero attached hydrogens (tertiary/aromatic N) is 1. The molecule has 1 aromatic rings.